The number of aliphatic hydroxyl groups is 1. The molecule has 18 heavy (non-hydrogen) atoms. The fraction of sp³-hybridized carbons (Fsp3) is 0.688. The normalized spacial score (nSPS) is 25.9. The third-order valence-corrected chi connectivity index (χ3v) is 4.46. The average molecular weight is 247 g/mol. The minimum Gasteiger partial charge on any atom is -0.393 e. The molecule has 1 aromatic rings. The van der Waals surface area contributed by atoms with E-state index < -0.39 is 0 Å². The van der Waals surface area contributed by atoms with E-state index in [1.54, 1.807) is 0 Å². The van der Waals surface area contributed by atoms with E-state index in [1.807, 2.05) is 24.5 Å². The van der Waals surface area contributed by atoms with Crippen LogP contribution in [-0.4, -0.2) is 16.2 Å². The maximum absolute atomic E-state index is 10.4. The Balaban J connectivity index is 1.85. The van der Waals surface area contributed by atoms with E-state index in [-0.39, 0.29) is 6.10 Å². The van der Waals surface area contributed by atoms with Crippen molar-refractivity contribution >= 4 is 0 Å². The highest BCUT2D eigenvalue weighted by atomic mass is 16.3. The molecule has 0 spiro atoms. The van der Waals surface area contributed by atoms with Gasteiger partial charge < -0.3 is 5.11 Å². The summed E-state index contributed by atoms with van der Waals surface area (Å²) in [5, 5.41) is 10.4. The topological polar surface area (TPSA) is 33.1 Å². The first kappa shape index (κ1) is 13.5. The van der Waals surface area contributed by atoms with Gasteiger partial charge in [-0.3, -0.25) is 4.98 Å². The van der Waals surface area contributed by atoms with Crippen LogP contribution in [0.15, 0.2) is 24.5 Å². The van der Waals surface area contributed by atoms with Crippen LogP contribution in [0.2, 0.25) is 0 Å². The Morgan fingerprint density at radius 1 is 1.28 bits per heavy atom. The molecule has 100 valence electrons. The summed E-state index contributed by atoms with van der Waals surface area (Å²) in [6, 6.07) is 4.09. The molecule has 0 radical (unpaired) electrons. The molecule has 1 saturated carbocycles. The molecule has 2 nitrogen and oxygen atoms in total. The zero-order valence-corrected chi connectivity index (χ0v) is 11.4. The highest BCUT2D eigenvalue weighted by Gasteiger charge is 2.29. The molecule has 1 aliphatic carbocycles. The van der Waals surface area contributed by atoms with Crippen molar-refractivity contribution in [3.8, 4) is 0 Å². The van der Waals surface area contributed by atoms with E-state index in [1.165, 1.54) is 37.7 Å². The lowest BCUT2D eigenvalue weighted by atomic mass is 9.74. The standard InChI is InChI=1S/C16H25NO/c1-2-14-5-3-4-6-15(14)16(18)8-7-13-9-11-17-12-10-13/h9-12,14-16,18H,2-8H2,1H3. The van der Waals surface area contributed by atoms with Gasteiger partial charge >= 0.3 is 0 Å². The predicted octanol–water partition coefficient (Wildman–Crippen LogP) is 3.59. The number of aryl methyl sites for hydroxylation is 1. The monoisotopic (exact) mass is 247 g/mol. The smallest absolute Gasteiger partial charge is 0.0574 e. The molecule has 1 heterocycles. The van der Waals surface area contributed by atoms with E-state index >= 15 is 0 Å². The second kappa shape index (κ2) is 6.89. The molecule has 1 fully saturated rings. The van der Waals surface area contributed by atoms with Crippen LogP contribution in [-0.2, 0) is 6.42 Å². The zero-order valence-electron chi connectivity index (χ0n) is 11.4. The van der Waals surface area contributed by atoms with Crippen molar-refractivity contribution in [3.63, 3.8) is 0 Å². The summed E-state index contributed by atoms with van der Waals surface area (Å²) in [6.45, 7) is 2.26. The lowest BCUT2D eigenvalue weighted by molar-refractivity contribution is 0.0403. The fourth-order valence-corrected chi connectivity index (χ4v) is 3.33. The van der Waals surface area contributed by atoms with Crippen LogP contribution in [0.1, 0.15) is 51.0 Å². The van der Waals surface area contributed by atoms with Crippen molar-refractivity contribution in [1.29, 1.82) is 0 Å². The third kappa shape index (κ3) is 3.55. The summed E-state index contributed by atoms with van der Waals surface area (Å²) in [4.78, 5) is 4.03. The maximum Gasteiger partial charge on any atom is 0.0574 e. The summed E-state index contributed by atoms with van der Waals surface area (Å²) in [5.74, 6) is 1.27. The molecule has 0 aliphatic heterocycles. The first-order valence-corrected chi connectivity index (χ1v) is 7.38. The lowest BCUT2D eigenvalue weighted by Crippen LogP contribution is -2.30. The first-order valence-electron chi connectivity index (χ1n) is 7.38. The van der Waals surface area contributed by atoms with E-state index in [2.05, 4.69) is 11.9 Å². The van der Waals surface area contributed by atoms with E-state index in [0.717, 1.165) is 18.8 Å². The number of pyridine rings is 1. The van der Waals surface area contributed by atoms with Gasteiger partial charge in [0, 0.05) is 12.4 Å². The first-order chi connectivity index (χ1) is 8.81. The highest BCUT2D eigenvalue weighted by Crippen LogP contribution is 2.35. The Bertz CT molecular complexity index is 338. The molecule has 3 atom stereocenters. The Kier molecular flexibility index (Phi) is 5.18. The highest BCUT2D eigenvalue weighted by molar-refractivity contribution is 5.09. The average Bonchev–Trinajstić information content (AvgIpc) is 2.45. The van der Waals surface area contributed by atoms with Gasteiger partial charge in [0.1, 0.15) is 0 Å². The van der Waals surface area contributed by atoms with Crippen LogP contribution < -0.4 is 0 Å². The minimum absolute atomic E-state index is 0.122. The molecule has 0 aromatic carbocycles. The van der Waals surface area contributed by atoms with Crippen molar-refractivity contribution in [1.82, 2.24) is 4.98 Å². The van der Waals surface area contributed by atoms with E-state index in [4.69, 9.17) is 0 Å². The van der Waals surface area contributed by atoms with Crippen molar-refractivity contribution in [3.05, 3.63) is 30.1 Å². The van der Waals surface area contributed by atoms with Gasteiger partial charge in [-0.1, -0.05) is 32.6 Å². The molecule has 1 aliphatic rings. The maximum atomic E-state index is 10.4. The van der Waals surface area contributed by atoms with E-state index in [0.29, 0.717) is 5.92 Å². The van der Waals surface area contributed by atoms with Gasteiger partial charge in [-0.2, -0.15) is 0 Å². The van der Waals surface area contributed by atoms with Crippen molar-refractivity contribution in [2.75, 3.05) is 0 Å². The Hall–Kier alpha value is -0.890. The molecule has 0 bridgehead atoms. The summed E-state index contributed by atoms with van der Waals surface area (Å²) in [6.07, 6.45) is 11.8. The van der Waals surface area contributed by atoms with Crippen molar-refractivity contribution in [2.45, 2.75) is 58.0 Å². The quantitative estimate of drug-likeness (QED) is 0.862. The molecule has 0 amide bonds. The molecular weight excluding hydrogens is 222 g/mol. The largest absolute Gasteiger partial charge is 0.393 e. The SMILES string of the molecule is CCC1CCCCC1C(O)CCc1ccncc1. The van der Waals surface area contributed by atoms with Crippen LogP contribution in [0.25, 0.3) is 0 Å². The molecule has 3 unspecified atom stereocenters. The molecule has 2 rings (SSSR count). The van der Waals surface area contributed by atoms with Gasteiger partial charge in [0.15, 0.2) is 0 Å². The zero-order chi connectivity index (χ0) is 12.8. The van der Waals surface area contributed by atoms with Crippen LogP contribution in [0.5, 0.6) is 0 Å². The molecule has 0 saturated heterocycles. The van der Waals surface area contributed by atoms with E-state index in [9.17, 15) is 5.11 Å². The van der Waals surface area contributed by atoms with Gasteiger partial charge in [-0.05, 0) is 48.8 Å². The Labute approximate surface area is 110 Å². The second-order valence-electron chi connectivity index (χ2n) is 5.58. The molecule has 1 N–H and O–H groups in total. The number of rotatable bonds is 5. The summed E-state index contributed by atoms with van der Waals surface area (Å²) in [5.41, 5.74) is 1.29. The van der Waals surface area contributed by atoms with Crippen LogP contribution in [0.3, 0.4) is 0 Å². The van der Waals surface area contributed by atoms with Crippen molar-refractivity contribution in [2.24, 2.45) is 11.8 Å². The third-order valence-electron chi connectivity index (χ3n) is 4.46. The molecule has 1 aromatic heterocycles. The van der Waals surface area contributed by atoms with Gasteiger partial charge in [0.05, 0.1) is 6.10 Å². The number of aliphatic hydroxyl groups excluding tert-OH is 1. The number of aromatic nitrogens is 1. The summed E-state index contributed by atoms with van der Waals surface area (Å²) in [7, 11) is 0. The molecular formula is C16H25NO. The van der Waals surface area contributed by atoms with Gasteiger partial charge in [0.2, 0.25) is 0 Å². The van der Waals surface area contributed by atoms with Gasteiger partial charge in [-0.25, -0.2) is 0 Å². The van der Waals surface area contributed by atoms with Gasteiger partial charge in [-0.15, -0.1) is 0 Å². The van der Waals surface area contributed by atoms with Crippen molar-refractivity contribution < 1.29 is 5.11 Å². The number of nitrogens with zero attached hydrogens (tertiary/aromatic N) is 1. The predicted molar refractivity (Wildman–Crippen MR) is 74.3 cm³/mol. The Morgan fingerprint density at radius 2 is 2.00 bits per heavy atom. The van der Waals surface area contributed by atoms with Crippen LogP contribution in [0.4, 0.5) is 0 Å². The lowest BCUT2D eigenvalue weighted by Gasteiger charge is -2.34. The minimum atomic E-state index is -0.122. The molecule has 2 heteroatoms. The van der Waals surface area contributed by atoms with Crippen LogP contribution >= 0.6 is 0 Å². The van der Waals surface area contributed by atoms with Crippen LogP contribution in [0, 0.1) is 11.8 Å². The summed E-state index contributed by atoms with van der Waals surface area (Å²) < 4.78 is 0. The fourth-order valence-electron chi connectivity index (χ4n) is 3.33. The second-order valence-corrected chi connectivity index (χ2v) is 5.58. The number of hydrogen-bond donors (Lipinski definition) is 1. The summed E-state index contributed by atoms with van der Waals surface area (Å²) >= 11 is 0. The Morgan fingerprint density at radius 3 is 2.72 bits per heavy atom. The van der Waals surface area contributed by atoms with Gasteiger partial charge in [0.25, 0.3) is 0 Å². The number of hydrogen-bond acceptors (Lipinski definition) is 2.